The summed E-state index contributed by atoms with van der Waals surface area (Å²) >= 11 is 6.22. The second-order valence-electron chi connectivity index (χ2n) is 6.60. The summed E-state index contributed by atoms with van der Waals surface area (Å²) in [5, 5.41) is 5.41. The van der Waals surface area contributed by atoms with E-state index >= 15 is 0 Å². The van der Waals surface area contributed by atoms with Crippen molar-refractivity contribution in [3.63, 3.8) is 0 Å². The van der Waals surface area contributed by atoms with Gasteiger partial charge >= 0.3 is 12.0 Å². The number of rotatable bonds is 4. The molecule has 0 spiro atoms. The Hall–Kier alpha value is -3.46. The van der Waals surface area contributed by atoms with E-state index in [1.54, 1.807) is 24.3 Å². The first-order valence-corrected chi connectivity index (χ1v) is 9.20. The Labute approximate surface area is 174 Å². The molecular weight excluding hydrogens is 420 g/mol. The first kappa shape index (κ1) is 19.8. The van der Waals surface area contributed by atoms with Crippen molar-refractivity contribution in [3.05, 3.63) is 76.0 Å². The maximum Gasteiger partial charge on any atom is 0.338 e. The van der Waals surface area contributed by atoms with Gasteiger partial charge in [0.15, 0.2) is 11.6 Å². The van der Waals surface area contributed by atoms with Gasteiger partial charge in [0.25, 0.3) is 0 Å². The van der Waals surface area contributed by atoms with Gasteiger partial charge in [-0.25, -0.2) is 18.4 Å². The molecule has 4 rings (SSSR count). The monoisotopic (exact) mass is 433 g/mol. The number of benzene rings is 2. The van der Waals surface area contributed by atoms with E-state index < -0.39 is 42.1 Å². The third kappa shape index (κ3) is 3.59. The molecule has 0 fully saturated rings. The predicted octanol–water partition coefficient (Wildman–Crippen LogP) is 3.13. The summed E-state index contributed by atoms with van der Waals surface area (Å²) in [7, 11) is 0. The van der Waals surface area contributed by atoms with Crippen molar-refractivity contribution in [1.82, 2.24) is 10.2 Å². The van der Waals surface area contributed by atoms with Gasteiger partial charge in [0.1, 0.15) is 13.2 Å². The molecule has 2 aliphatic heterocycles. The fourth-order valence-electron chi connectivity index (χ4n) is 3.34. The average Bonchev–Trinajstić information content (AvgIpc) is 3.09. The lowest BCUT2D eigenvalue weighted by Gasteiger charge is -2.32. The number of hydrogen-bond acceptors (Lipinski definition) is 4. The van der Waals surface area contributed by atoms with Gasteiger partial charge in [-0.05, 0) is 23.8 Å². The van der Waals surface area contributed by atoms with Gasteiger partial charge in [0.2, 0.25) is 5.91 Å². The average molecular weight is 434 g/mol. The minimum absolute atomic E-state index is 0.0261. The van der Waals surface area contributed by atoms with Gasteiger partial charge in [0.05, 0.1) is 17.3 Å². The van der Waals surface area contributed by atoms with Crippen molar-refractivity contribution in [3.8, 4) is 0 Å². The summed E-state index contributed by atoms with van der Waals surface area (Å²) in [6.45, 7) is -0.642. The number of halogens is 3. The first-order chi connectivity index (χ1) is 14.3. The van der Waals surface area contributed by atoms with E-state index in [4.69, 9.17) is 16.3 Å². The van der Waals surface area contributed by atoms with E-state index in [0.29, 0.717) is 10.6 Å². The van der Waals surface area contributed by atoms with Gasteiger partial charge in [0, 0.05) is 16.8 Å². The Morgan fingerprint density at radius 1 is 1.20 bits per heavy atom. The van der Waals surface area contributed by atoms with Crippen molar-refractivity contribution in [2.75, 3.05) is 18.5 Å². The molecule has 0 saturated carbocycles. The molecule has 0 unspecified atom stereocenters. The molecule has 30 heavy (non-hydrogen) atoms. The Morgan fingerprint density at radius 3 is 2.70 bits per heavy atom. The van der Waals surface area contributed by atoms with Crippen molar-refractivity contribution in [1.29, 1.82) is 0 Å². The van der Waals surface area contributed by atoms with Crippen LogP contribution in [0.25, 0.3) is 0 Å². The molecule has 154 valence electrons. The standard InChI is InChI=1S/C20H14ClF2N3O4/c21-12-4-2-1-3-11(12)18-17-15(9-30-19(17)28)26(20(29)25-18)8-16(27)24-10-5-6-13(22)14(23)7-10/h1-7,18H,8-9H2,(H,24,27)(H,25,29)/t18-/m1/s1. The number of carbonyl (C=O) groups excluding carboxylic acids is 3. The van der Waals surface area contributed by atoms with Crippen LogP contribution in [-0.4, -0.2) is 36.0 Å². The number of cyclic esters (lactones) is 1. The number of nitrogens with zero attached hydrogens (tertiary/aromatic N) is 1. The lowest BCUT2D eigenvalue weighted by atomic mass is 9.95. The molecule has 2 aromatic rings. The van der Waals surface area contributed by atoms with Crippen molar-refractivity contribution in [2.24, 2.45) is 0 Å². The molecular formula is C20H14ClF2N3O4. The van der Waals surface area contributed by atoms with E-state index in [1.807, 2.05) is 0 Å². The number of urea groups is 1. The van der Waals surface area contributed by atoms with E-state index in [-0.39, 0.29) is 23.6 Å². The highest BCUT2D eigenvalue weighted by atomic mass is 35.5. The molecule has 2 aliphatic rings. The largest absolute Gasteiger partial charge is 0.456 e. The number of esters is 1. The summed E-state index contributed by atoms with van der Waals surface area (Å²) in [5.74, 6) is -3.46. The lowest BCUT2D eigenvalue weighted by molar-refractivity contribution is -0.136. The highest BCUT2D eigenvalue weighted by Gasteiger charge is 2.43. The number of anilines is 1. The number of carbonyl (C=O) groups is 3. The van der Waals surface area contributed by atoms with Crippen LogP contribution in [0, 0.1) is 11.6 Å². The molecule has 1 atom stereocenters. The summed E-state index contributed by atoms with van der Waals surface area (Å²) in [4.78, 5) is 38.5. The first-order valence-electron chi connectivity index (χ1n) is 8.82. The van der Waals surface area contributed by atoms with Gasteiger partial charge in [-0.3, -0.25) is 9.69 Å². The van der Waals surface area contributed by atoms with Gasteiger partial charge in [-0.15, -0.1) is 0 Å². The van der Waals surface area contributed by atoms with E-state index in [9.17, 15) is 23.2 Å². The fourth-order valence-corrected chi connectivity index (χ4v) is 3.58. The zero-order chi connectivity index (χ0) is 21.4. The van der Waals surface area contributed by atoms with Crippen LogP contribution in [0.1, 0.15) is 11.6 Å². The highest BCUT2D eigenvalue weighted by molar-refractivity contribution is 6.31. The van der Waals surface area contributed by atoms with Crippen LogP contribution in [0.3, 0.4) is 0 Å². The zero-order valence-corrected chi connectivity index (χ0v) is 16.0. The zero-order valence-electron chi connectivity index (χ0n) is 15.2. The molecule has 7 nitrogen and oxygen atoms in total. The summed E-state index contributed by atoms with van der Waals surface area (Å²) in [6.07, 6.45) is 0. The third-order valence-electron chi connectivity index (χ3n) is 4.72. The summed E-state index contributed by atoms with van der Waals surface area (Å²) in [5.41, 5.74) is 0.973. The molecule has 2 heterocycles. The minimum atomic E-state index is -1.12. The molecule has 10 heteroatoms. The Morgan fingerprint density at radius 2 is 1.97 bits per heavy atom. The van der Waals surface area contributed by atoms with Crippen LogP contribution >= 0.6 is 11.6 Å². The molecule has 0 aromatic heterocycles. The topological polar surface area (TPSA) is 87.7 Å². The predicted molar refractivity (Wildman–Crippen MR) is 102 cm³/mol. The van der Waals surface area contributed by atoms with Crippen LogP contribution in [-0.2, 0) is 14.3 Å². The smallest absolute Gasteiger partial charge is 0.338 e. The lowest BCUT2D eigenvalue weighted by Crippen LogP contribution is -2.49. The summed E-state index contributed by atoms with van der Waals surface area (Å²) < 4.78 is 31.5. The van der Waals surface area contributed by atoms with Crippen molar-refractivity contribution >= 4 is 35.2 Å². The van der Waals surface area contributed by atoms with Crippen LogP contribution < -0.4 is 10.6 Å². The van der Waals surface area contributed by atoms with Crippen LogP contribution in [0.5, 0.6) is 0 Å². The van der Waals surface area contributed by atoms with Crippen LogP contribution in [0.15, 0.2) is 53.7 Å². The number of ether oxygens (including phenoxy) is 1. The highest BCUT2D eigenvalue weighted by Crippen LogP contribution is 2.37. The minimum Gasteiger partial charge on any atom is -0.456 e. The van der Waals surface area contributed by atoms with Crippen molar-refractivity contribution in [2.45, 2.75) is 6.04 Å². The normalized spacial score (nSPS) is 18.1. The second kappa shape index (κ2) is 7.75. The Bertz CT molecular complexity index is 1110. The van der Waals surface area contributed by atoms with Crippen LogP contribution in [0.4, 0.5) is 19.3 Å². The maximum atomic E-state index is 13.3. The molecule has 2 aromatic carbocycles. The Kier molecular flexibility index (Phi) is 5.13. The van der Waals surface area contributed by atoms with Crippen LogP contribution in [0.2, 0.25) is 5.02 Å². The maximum absolute atomic E-state index is 13.3. The van der Waals surface area contributed by atoms with Gasteiger partial charge in [-0.1, -0.05) is 29.8 Å². The number of nitrogens with one attached hydrogen (secondary N) is 2. The SMILES string of the molecule is O=C(CN1C(=O)N[C@H](c2ccccc2Cl)C2=C1COC2=O)Nc1ccc(F)c(F)c1. The van der Waals surface area contributed by atoms with E-state index in [1.165, 1.54) is 6.07 Å². The fraction of sp³-hybridized carbons (Fsp3) is 0.150. The van der Waals surface area contributed by atoms with E-state index in [2.05, 4.69) is 10.6 Å². The molecule has 3 amide bonds. The van der Waals surface area contributed by atoms with Crippen molar-refractivity contribution < 1.29 is 27.9 Å². The quantitative estimate of drug-likeness (QED) is 0.725. The molecule has 0 saturated heterocycles. The van der Waals surface area contributed by atoms with Gasteiger partial charge in [-0.2, -0.15) is 0 Å². The second-order valence-corrected chi connectivity index (χ2v) is 7.01. The van der Waals surface area contributed by atoms with E-state index in [0.717, 1.165) is 17.0 Å². The number of hydrogen-bond donors (Lipinski definition) is 2. The molecule has 2 N–H and O–H groups in total. The third-order valence-corrected chi connectivity index (χ3v) is 5.06. The Balaban J connectivity index is 1.60. The summed E-state index contributed by atoms with van der Waals surface area (Å²) in [6, 6.07) is 8.18. The molecule has 0 bridgehead atoms. The molecule has 0 radical (unpaired) electrons. The van der Waals surface area contributed by atoms with Gasteiger partial charge < -0.3 is 15.4 Å². The number of amides is 3. The molecule has 0 aliphatic carbocycles.